The first-order valence-corrected chi connectivity index (χ1v) is 9.93. The predicted octanol–water partition coefficient (Wildman–Crippen LogP) is 5.64. The normalized spacial score (nSPS) is 11.6. The standard InChI is InChI=1S/C20H21ClF2N2S/c1-25(2)8-7-19-16(12-26-11-13-5-3-4-6-17(13)21)15-9-14(22)10-18(23)20(15)24-19/h3-6,9-10,24H,7-8,11-12H2,1-2H3. The van der Waals surface area contributed by atoms with E-state index in [1.807, 2.05) is 38.4 Å². The Morgan fingerprint density at radius 3 is 2.62 bits per heavy atom. The minimum Gasteiger partial charge on any atom is -0.356 e. The van der Waals surface area contributed by atoms with Crippen LogP contribution in [0, 0.1) is 11.6 Å². The number of rotatable bonds is 7. The van der Waals surface area contributed by atoms with Gasteiger partial charge in [-0.3, -0.25) is 0 Å². The number of hydrogen-bond acceptors (Lipinski definition) is 2. The topological polar surface area (TPSA) is 19.0 Å². The molecule has 0 spiro atoms. The second kappa shape index (κ2) is 8.42. The van der Waals surface area contributed by atoms with Crippen molar-refractivity contribution in [3.05, 3.63) is 69.9 Å². The molecule has 0 atom stereocenters. The van der Waals surface area contributed by atoms with E-state index in [0.29, 0.717) is 16.7 Å². The van der Waals surface area contributed by atoms with Gasteiger partial charge >= 0.3 is 0 Å². The molecule has 2 aromatic carbocycles. The number of hydrogen-bond donors (Lipinski definition) is 1. The predicted molar refractivity (Wildman–Crippen MR) is 107 cm³/mol. The molecule has 0 unspecified atom stereocenters. The fourth-order valence-electron chi connectivity index (χ4n) is 2.92. The molecule has 3 rings (SSSR count). The molecule has 0 bridgehead atoms. The van der Waals surface area contributed by atoms with Crippen molar-refractivity contribution in [1.29, 1.82) is 0 Å². The lowest BCUT2D eigenvalue weighted by Crippen LogP contribution is -2.15. The van der Waals surface area contributed by atoms with Gasteiger partial charge < -0.3 is 9.88 Å². The van der Waals surface area contributed by atoms with E-state index in [9.17, 15) is 8.78 Å². The number of benzene rings is 2. The van der Waals surface area contributed by atoms with Crippen LogP contribution in [-0.4, -0.2) is 30.5 Å². The maximum absolute atomic E-state index is 14.2. The lowest BCUT2D eigenvalue weighted by atomic mass is 10.1. The highest BCUT2D eigenvalue weighted by Gasteiger charge is 2.16. The first-order chi connectivity index (χ1) is 12.5. The SMILES string of the molecule is CN(C)CCc1[nH]c2c(F)cc(F)cc2c1CSCc1ccccc1Cl. The second-order valence-corrected chi connectivity index (χ2v) is 7.92. The Morgan fingerprint density at radius 2 is 1.88 bits per heavy atom. The molecule has 0 aliphatic heterocycles. The van der Waals surface area contributed by atoms with Gasteiger partial charge in [-0.15, -0.1) is 0 Å². The zero-order valence-electron chi connectivity index (χ0n) is 14.8. The van der Waals surface area contributed by atoms with Crippen LogP contribution in [0.5, 0.6) is 0 Å². The highest BCUT2D eigenvalue weighted by Crippen LogP contribution is 2.31. The Morgan fingerprint density at radius 1 is 1.12 bits per heavy atom. The number of aromatic amines is 1. The smallest absolute Gasteiger partial charge is 0.150 e. The quantitative estimate of drug-likeness (QED) is 0.559. The first kappa shape index (κ1) is 19.2. The van der Waals surface area contributed by atoms with Crippen molar-refractivity contribution >= 4 is 34.3 Å². The van der Waals surface area contributed by atoms with E-state index in [2.05, 4.69) is 9.88 Å². The van der Waals surface area contributed by atoms with Gasteiger partial charge in [0.2, 0.25) is 0 Å². The molecule has 0 amide bonds. The molecule has 0 fully saturated rings. The number of halogens is 3. The van der Waals surface area contributed by atoms with Crippen molar-refractivity contribution in [2.24, 2.45) is 0 Å². The van der Waals surface area contributed by atoms with E-state index in [4.69, 9.17) is 11.6 Å². The molecular weight excluding hydrogens is 374 g/mol. The Kier molecular flexibility index (Phi) is 6.22. The molecule has 0 saturated carbocycles. The van der Waals surface area contributed by atoms with E-state index >= 15 is 0 Å². The number of likely N-dealkylation sites (N-methyl/N-ethyl adjacent to an activating group) is 1. The van der Waals surface area contributed by atoms with Crippen molar-refractivity contribution in [3.63, 3.8) is 0 Å². The second-order valence-electron chi connectivity index (χ2n) is 6.53. The summed E-state index contributed by atoms with van der Waals surface area (Å²) in [5.41, 5.74) is 3.38. The molecule has 0 radical (unpaired) electrons. The molecule has 138 valence electrons. The summed E-state index contributed by atoms with van der Waals surface area (Å²) in [6.07, 6.45) is 0.755. The van der Waals surface area contributed by atoms with E-state index in [-0.39, 0.29) is 0 Å². The van der Waals surface area contributed by atoms with Gasteiger partial charge in [-0.2, -0.15) is 11.8 Å². The molecule has 26 heavy (non-hydrogen) atoms. The molecule has 0 aliphatic carbocycles. The van der Waals surface area contributed by atoms with Crippen molar-refractivity contribution in [1.82, 2.24) is 9.88 Å². The number of nitrogens with zero attached hydrogens (tertiary/aromatic N) is 1. The van der Waals surface area contributed by atoms with Crippen LogP contribution in [0.1, 0.15) is 16.8 Å². The summed E-state index contributed by atoms with van der Waals surface area (Å²) in [4.78, 5) is 5.24. The lowest BCUT2D eigenvalue weighted by molar-refractivity contribution is 0.412. The fraction of sp³-hybridized carbons (Fsp3) is 0.300. The fourth-order valence-corrected chi connectivity index (χ4v) is 4.31. The van der Waals surface area contributed by atoms with Crippen molar-refractivity contribution in [3.8, 4) is 0 Å². The van der Waals surface area contributed by atoms with Gasteiger partial charge in [0.25, 0.3) is 0 Å². The van der Waals surface area contributed by atoms with Crippen LogP contribution in [0.3, 0.4) is 0 Å². The molecule has 2 nitrogen and oxygen atoms in total. The molecule has 1 heterocycles. The number of thioether (sulfide) groups is 1. The van der Waals surface area contributed by atoms with Crippen molar-refractivity contribution < 1.29 is 8.78 Å². The zero-order valence-corrected chi connectivity index (χ0v) is 16.4. The number of H-pyrrole nitrogens is 1. The average molecular weight is 395 g/mol. The summed E-state index contributed by atoms with van der Waals surface area (Å²) in [5.74, 6) is 0.313. The number of fused-ring (bicyclic) bond motifs is 1. The number of aromatic nitrogens is 1. The summed E-state index contributed by atoms with van der Waals surface area (Å²) in [7, 11) is 3.99. The minimum atomic E-state index is -0.550. The van der Waals surface area contributed by atoms with Crippen LogP contribution in [0.4, 0.5) is 8.78 Å². The van der Waals surface area contributed by atoms with E-state index in [0.717, 1.165) is 46.6 Å². The van der Waals surface area contributed by atoms with Crippen molar-refractivity contribution in [2.45, 2.75) is 17.9 Å². The first-order valence-electron chi connectivity index (χ1n) is 8.40. The summed E-state index contributed by atoms with van der Waals surface area (Å²) in [6, 6.07) is 10.1. The maximum Gasteiger partial charge on any atom is 0.150 e. The van der Waals surface area contributed by atoms with Crippen LogP contribution in [0.2, 0.25) is 5.02 Å². The summed E-state index contributed by atoms with van der Waals surface area (Å²) >= 11 is 7.90. The van der Waals surface area contributed by atoms with Crippen LogP contribution in [-0.2, 0) is 17.9 Å². The maximum atomic E-state index is 14.2. The van der Waals surface area contributed by atoms with Crippen LogP contribution < -0.4 is 0 Å². The van der Waals surface area contributed by atoms with E-state index in [1.165, 1.54) is 6.07 Å². The molecule has 1 N–H and O–H groups in total. The van der Waals surface area contributed by atoms with Crippen molar-refractivity contribution in [2.75, 3.05) is 20.6 Å². The average Bonchev–Trinajstić information content (AvgIpc) is 2.93. The van der Waals surface area contributed by atoms with Crippen LogP contribution in [0.25, 0.3) is 10.9 Å². The highest BCUT2D eigenvalue weighted by atomic mass is 35.5. The van der Waals surface area contributed by atoms with Gasteiger partial charge in [-0.1, -0.05) is 29.8 Å². The Balaban J connectivity index is 1.86. The Hall–Kier alpha value is -1.56. The third-order valence-electron chi connectivity index (χ3n) is 4.29. The van der Waals surface area contributed by atoms with Gasteiger partial charge in [0.1, 0.15) is 11.6 Å². The summed E-state index contributed by atoms with van der Waals surface area (Å²) in [5, 5.41) is 1.37. The van der Waals surface area contributed by atoms with Gasteiger partial charge in [0, 0.05) is 46.6 Å². The monoisotopic (exact) mass is 394 g/mol. The van der Waals surface area contributed by atoms with Gasteiger partial charge in [-0.05, 0) is 37.4 Å². The molecule has 0 saturated heterocycles. The molecule has 0 aliphatic rings. The summed E-state index contributed by atoms with van der Waals surface area (Å²) < 4.78 is 27.9. The lowest BCUT2D eigenvalue weighted by Gasteiger charge is -2.10. The largest absolute Gasteiger partial charge is 0.356 e. The summed E-state index contributed by atoms with van der Waals surface area (Å²) in [6.45, 7) is 0.832. The molecule has 1 aromatic heterocycles. The van der Waals surface area contributed by atoms with Crippen LogP contribution >= 0.6 is 23.4 Å². The third-order valence-corrected chi connectivity index (χ3v) is 5.67. The molecule has 6 heteroatoms. The van der Waals surface area contributed by atoms with Crippen LogP contribution in [0.15, 0.2) is 36.4 Å². The van der Waals surface area contributed by atoms with E-state index < -0.39 is 11.6 Å². The Bertz CT molecular complexity index is 908. The molecular formula is C20H21ClF2N2S. The van der Waals surface area contributed by atoms with Gasteiger partial charge in [0.05, 0.1) is 5.52 Å². The zero-order chi connectivity index (χ0) is 18.7. The Labute approximate surface area is 161 Å². The number of nitrogens with one attached hydrogen (secondary N) is 1. The van der Waals surface area contributed by atoms with E-state index in [1.54, 1.807) is 11.8 Å². The van der Waals surface area contributed by atoms with Gasteiger partial charge in [-0.25, -0.2) is 8.78 Å². The van der Waals surface area contributed by atoms with Gasteiger partial charge in [0.15, 0.2) is 0 Å². The minimum absolute atomic E-state index is 0.383. The highest BCUT2D eigenvalue weighted by molar-refractivity contribution is 7.97. The third kappa shape index (κ3) is 4.40. The molecule has 3 aromatic rings.